The summed E-state index contributed by atoms with van der Waals surface area (Å²) in [6, 6.07) is 22.5. The molecule has 0 aliphatic carbocycles. The molecular weight excluding hydrogens is 476 g/mol. The van der Waals surface area contributed by atoms with Gasteiger partial charge >= 0.3 is 0 Å². The van der Waals surface area contributed by atoms with E-state index in [1.54, 1.807) is 23.1 Å². The predicted molar refractivity (Wildman–Crippen MR) is 149 cm³/mol. The van der Waals surface area contributed by atoms with Crippen LogP contribution in [-0.4, -0.2) is 32.8 Å². The summed E-state index contributed by atoms with van der Waals surface area (Å²) in [7, 11) is 1.95. The number of aryl methyl sites for hydroxylation is 2. The van der Waals surface area contributed by atoms with Crippen LogP contribution in [0.2, 0.25) is 0 Å². The summed E-state index contributed by atoms with van der Waals surface area (Å²) in [5.74, 6) is -0.700. The number of amides is 1. The topological polar surface area (TPSA) is 71.8 Å². The first-order valence-electron chi connectivity index (χ1n) is 13.0. The lowest BCUT2D eigenvalue weighted by Crippen LogP contribution is -2.30. The molecule has 2 heterocycles. The van der Waals surface area contributed by atoms with Crippen molar-refractivity contribution in [1.29, 1.82) is 0 Å². The van der Waals surface area contributed by atoms with Gasteiger partial charge < -0.3 is 19.3 Å². The number of fused-ring (bicyclic) bond motifs is 1. The fourth-order valence-electron chi connectivity index (χ4n) is 5.20. The highest BCUT2D eigenvalue weighted by atomic mass is 16.5. The van der Waals surface area contributed by atoms with Crippen LogP contribution in [0.15, 0.2) is 84.6 Å². The first-order chi connectivity index (χ1) is 18.4. The molecule has 5 rings (SSSR count). The number of carbonyl (C=O) groups excluding carboxylic acids is 2. The van der Waals surface area contributed by atoms with Crippen molar-refractivity contribution in [2.24, 2.45) is 7.05 Å². The molecular formula is C32H32N2O4. The molecule has 1 aliphatic rings. The molecule has 1 fully saturated rings. The number of benzene rings is 3. The summed E-state index contributed by atoms with van der Waals surface area (Å²) in [6.07, 6.45) is 3.61. The van der Waals surface area contributed by atoms with Gasteiger partial charge in [-0.3, -0.25) is 9.59 Å². The molecule has 1 aromatic heterocycles. The monoisotopic (exact) mass is 508 g/mol. The summed E-state index contributed by atoms with van der Waals surface area (Å²) < 4.78 is 7.99. The number of aliphatic hydroxyl groups excluding tert-OH is 1. The highest BCUT2D eigenvalue weighted by molar-refractivity contribution is 6.46. The van der Waals surface area contributed by atoms with Crippen molar-refractivity contribution in [2.45, 2.75) is 39.3 Å². The quantitative estimate of drug-likeness (QED) is 0.173. The maximum atomic E-state index is 13.4. The lowest BCUT2D eigenvalue weighted by atomic mass is 9.94. The number of unbranched alkanes of at least 4 members (excludes halogenated alkanes) is 1. The van der Waals surface area contributed by atoms with E-state index in [1.165, 1.54) is 0 Å². The molecule has 3 aromatic carbocycles. The van der Waals surface area contributed by atoms with E-state index in [0.29, 0.717) is 24.5 Å². The third kappa shape index (κ3) is 4.58. The maximum Gasteiger partial charge on any atom is 0.295 e. The van der Waals surface area contributed by atoms with Crippen molar-refractivity contribution >= 4 is 28.4 Å². The molecule has 1 aliphatic heterocycles. The third-order valence-corrected chi connectivity index (χ3v) is 7.20. The minimum absolute atomic E-state index is 0.125. The summed E-state index contributed by atoms with van der Waals surface area (Å²) in [4.78, 5) is 28.2. The van der Waals surface area contributed by atoms with Crippen LogP contribution in [0, 0.1) is 6.92 Å². The Morgan fingerprint density at radius 1 is 1.00 bits per heavy atom. The largest absolute Gasteiger partial charge is 0.507 e. The van der Waals surface area contributed by atoms with Crippen LogP contribution in [0.3, 0.4) is 0 Å². The standard InChI is InChI=1S/C32H32N2O4/c1-4-5-17-34-29(25-19-33(3)26-14-10-9-13-24(25)26)28(31(36)32(34)37)30(35)23-15-16-27(21(2)18-23)38-20-22-11-7-6-8-12-22/h6-16,18-19,29,35H,4-5,17,20H2,1-3H3/b30-28+. The molecule has 4 aromatic rings. The van der Waals surface area contributed by atoms with Gasteiger partial charge in [-0.05, 0) is 48.7 Å². The van der Waals surface area contributed by atoms with Gasteiger partial charge in [0.2, 0.25) is 0 Å². The second kappa shape index (κ2) is 10.6. The number of carbonyl (C=O) groups is 2. The molecule has 0 spiro atoms. The molecule has 6 heteroatoms. The van der Waals surface area contributed by atoms with Crippen molar-refractivity contribution in [3.63, 3.8) is 0 Å². The van der Waals surface area contributed by atoms with E-state index in [2.05, 4.69) is 0 Å². The third-order valence-electron chi connectivity index (χ3n) is 7.20. The van der Waals surface area contributed by atoms with Crippen molar-refractivity contribution in [3.05, 3.63) is 107 Å². The Labute approximate surface area is 222 Å². The maximum absolute atomic E-state index is 13.4. The van der Waals surface area contributed by atoms with Crippen LogP contribution in [0.25, 0.3) is 16.7 Å². The zero-order chi connectivity index (χ0) is 26.8. The van der Waals surface area contributed by atoms with E-state index in [9.17, 15) is 14.7 Å². The number of aromatic nitrogens is 1. The fourth-order valence-corrected chi connectivity index (χ4v) is 5.20. The number of nitrogens with zero attached hydrogens (tertiary/aromatic N) is 2. The number of rotatable bonds is 8. The van der Waals surface area contributed by atoms with Crippen LogP contribution in [0.4, 0.5) is 0 Å². The van der Waals surface area contributed by atoms with Crippen LogP contribution in [0.5, 0.6) is 5.75 Å². The number of ether oxygens (including phenoxy) is 1. The van der Waals surface area contributed by atoms with Crippen LogP contribution >= 0.6 is 0 Å². The average Bonchev–Trinajstić information content (AvgIpc) is 3.39. The van der Waals surface area contributed by atoms with Crippen LogP contribution in [0.1, 0.15) is 48.1 Å². The molecule has 1 saturated heterocycles. The van der Waals surface area contributed by atoms with Gasteiger partial charge in [-0.25, -0.2) is 0 Å². The summed E-state index contributed by atoms with van der Waals surface area (Å²) >= 11 is 0. The number of Topliss-reactive ketones (excluding diaryl/α,β-unsaturated/α-hetero) is 1. The molecule has 0 saturated carbocycles. The molecule has 0 bridgehead atoms. The second-order valence-electron chi connectivity index (χ2n) is 9.81. The van der Waals surface area contributed by atoms with Gasteiger partial charge in [-0.15, -0.1) is 0 Å². The van der Waals surface area contributed by atoms with Gasteiger partial charge in [0, 0.05) is 41.8 Å². The van der Waals surface area contributed by atoms with E-state index in [1.807, 2.05) is 86.3 Å². The summed E-state index contributed by atoms with van der Waals surface area (Å²) in [6.45, 7) is 4.82. The average molecular weight is 509 g/mol. The first-order valence-corrected chi connectivity index (χ1v) is 13.0. The zero-order valence-electron chi connectivity index (χ0n) is 22.0. The van der Waals surface area contributed by atoms with Gasteiger partial charge in [0.25, 0.3) is 11.7 Å². The van der Waals surface area contributed by atoms with Gasteiger partial charge in [-0.1, -0.05) is 61.9 Å². The van der Waals surface area contributed by atoms with Gasteiger partial charge in [0.05, 0.1) is 11.6 Å². The highest BCUT2D eigenvalue weighted by Gasteiger charge is 2.46. The Kier molecular flexibility index (Phi) is 7.05. The Bertz CT molecular complexity index is 1530. The number of likely N-dealkylation sites (tertiary alicyclic amines) is 1. The lowest BCUT2D eigenvalue weighted by molar-refractivity contribution is -0.139. The Hall–Kier alpha value is -4.32. The van der Waals surface area contributed by atoms with E-state index in [0.717, 1.165) is 40.4 Å². The van der Waals surface area contributed by atoms with E-state index >= 15 is 0 Å². The number of aliphatic hydroxyl groups is 1. The summed E-state index contributed by atoms with van der Waals surface area (Å²) in [5, 5.41) is 12.5. The molecule has 1 unspecified atom stereocenters. The summed E-state index contributed by atoms with van der Waals surface area (Å²) in [5.41, 5.74) is 4.32. The van der Waals surface area contributed by atoms with Crippen LogP contribution in [-0.2, 0) is 23.2 Å². The Morgan fingerprint density at radius 2 is 1.74 bits per heavy atom. The van der Waals surface area contributed by atoms with Crippen molar-refractivity contribution in [1.82, 2.24) is 9.47 Å². The predicted octanol–water partition coefficient (Wildman–Crippen LogP) is 6.29. The van der Waals surface area contributed by atoms with E-state index in [4.69, 9.17) is 4.74 Å². The number of ketones is 1. The first kappa shape index (κ1) is 25.3. The second-order valence-corrected chi connectivity index (χ2v) is 9.81. The Morgan fingerprint density at radius 3 is 2.47 bits per heavy atom. The van der Waals surface area contributed by atoms with Crippen molar-refractivity contribution in [3.8, 4) is 5.75 Å². The molecule has 1 atom stereocenters. The molecule has 194 valence electrons. The molecule has 1 amide bonds. The molecule has 38 heavy (non-hydrogen) atoms. The highest BCUT2D eigenvalue weighted by Crippen LogP contribution is 2.42. The zero-order valence-corrected chi connectivity index (χ0v) is 22.0. The SMILES string of the molecule is CCCCN1C(=O)C(=O)/C(=C(/O)c2ccc(OCc3ccccc3)c(C)c2)C1c1cn(C)c2ccccc12. The number of hydrogen-bond donors (Lipinski definition) is 1. The number of hydrogen-bond acceptors (Lipinski definition) is 4. The van der Waals surface area contributed by atoms with Crippen molar-refractivity contribution < 1.29 is 19.4 Å². The van der Waals surface area contributed by atoms with E-state index < -0.39 is 17.7 Å². The smallest absolute Gasteiger partial charge is 0.295 e. The molecule has 0 radical (unpaired) electrons. The van der Waals surface area contributed by atoms with Gasteiger partial charge in [0.15, 0.2) is 0 Å². The minimum Gasteiger partial charge on any atom is -0.507 e. The number of para-hydroxylation sites is 1. The molecule has 1 N–H and O–H groups in total. The van der Waals surface area contributed by atoms with E-state index in [-0.39, 0.29) is 11.3 Å². The normalized spacial score (nSPS) is 16.9. The Balaban J connectivity index is 1.56. The lowest BCUT2D eigenvalue weighted by Gasteiger charge is -2.24. The minimum atomic E-state index is -0.665. The van der Waals surface area contributed by atoms with Crippen LogP contribution < -0.4 is 4.74 Å². The van der Waals surface area contributed by atoms with Crippen molar-refractivity contribution in [2.75, 3.05) is 6.54 Å². The molecule has 6 nitrogen and oxygen atoms in total. The van der Waals surface area contributed by atoms with Gasteiger partial charge in [0.1, 0.15) is 18.1 Å². The fraction of sp³-hybridized carbons (Fsp3) is 0.250. The van der Waals surface area contributed by atoms with Gasteiger partial charge in [-0.2, -0.15) is 0 Å².